The minimum atomic E-state index is -0.598. The van der Waals surface area contributed by atoms with Crippen molar-refractivity contribution in [2.24, 2.45) is 0 Å². The van der Waals surface area contributed by atoms with Gasteiger partial charge in [-0.3, -0.25) is 4.79 Å². The maximum Gasteiger partial charge on any atom is 0.338 e. The van der Waals surface area contributed by atoms with E-state index in [2.05, 4.69) is 15.5 Å². The average molecular weight is 343 g/mol. The van der Waals surface area contributed by atoms with Crippen LogP contribution in [0.15, 0.2) is 54.9 Å². The SMILES string of the molecule is O=C(OCC(=O)c1ccccc1Cl)c1ccc(-n2cnnn2)cc1. The van der Waals surface area contributed by atoms with E-state index in [0.717, 1.165) is 0 Å². The van der Waals surface area contributed by atoms with Crippen LogP contribution in [0, 0.1) is 0 Å². The third-order valence-corrected chi connectivity index (χ3v) is 3.55. The maximum atomic E-state index is 12.0. The van der Waals surface area contributed by atoms with Crippen LogP contribution >= 0.6 is 11.6 Å². The Balaban J connectivity index is 1.63. The predicted octanol–water partition coefficient (Wildman–Crippen LogP) is 2.36. The van der Waals surface area contributed by atoms with Gasteiger partial charge in [-0.05, 0) is 46.8 Å². The largest absolute Gasteiger partial charge is 0.454 e. The molecule has 0 amide bonds. The number of tetrazole rings is 1. The molecule has 0 bridgehead atoms. The van der Waals surface area contributed by atoms with Crippen LogP contribution in [0.5, 0.6) is 0 Å². The van der Waals surface area contributed by atoms with E-state index in [9.17, 15) is 9.59 Å². The van der Waals surface area contributed by atoms with E-state index in [1.54, 1.807) is 48.5 Å². The highest BCUT2D eigenvalue weighted by atomic mass is 35.5. The number of benzene rings is 2. The Morgan fingerprint density at radius 1 is 1.08 bits per heavy atom. The fourth-order valence-corrected chi connectivity index (χ4v) is 2.25. The number of hydrogen-bond donors (Lipinski definition) is 0. The first-order valence-corrected chi connectivity index (χ1v) is 7.31. The smallest absolute Gasteiger partial charge is 0.338 e. The number of aromatic nitrogens is 4. The van der Waals surface area contributed by atoms with Crippen LogP contribution < -0.4 is 0 Å². The molecule has 0 unspecified atom stereocenters. The lowest BCUT2D eigenvalue weighted by molar-refractivity contribution is 0.0475. The van der Waals surface area contributed by atoms with Gasteiger partial charge in [-0.15, -0.1) is 5.10 Å². The lowest BCUT2D eigenvalue weighted by Crippen LogP contribution is -2.14. The number of nitrogens with zero attached hydrogens (tertiary/aromatic N) is 4. The number of esters is 1. The Labute approximate surface area is 141 Å². The maximum absolute atomic E-state index is 12.0. The van der Waals surface area contributed by atoms with Crippen molar-refractivity contribution in [1.82, 2.24) is 20.2 Å². The summed E-state index contributed by atoms with van der Waals surface area (Å²) in [6.07, 6.45) is 1.44. The van der Waals surface area contributed by atoms with Gasteiger partial charge in [-0.25, -0.2) is 9.48 Å². The van der Waals surface area contributed by atoms with E-state index in [0.29, 0.717) is 21.8 Å². The number of rotatable bonds is 5. The minimum absolute atomic E-state index is 0.318. The monoisotopic (exact) mass is 342 g/mol. The summed E-state index contributed by atoms with van der Waals surface area (Å²) in [6, 6.07) is 13.1. The Bertz CT molecular complexity index is 863. The first-order chi connectivity index (χ1) is 11.6. The predicted molar refractivity (Wildman–Crippen MR) is 85.2 cm³/mol. The molecule has 7 nitrogen and oxygen atoms in total. The molecule has 1 heterocycles. The molecule has 0 N–H and O–H groups in total. The van der Waals surface area contributed by atoms with Crippen LogP contribution in [-0.4, -0.2) is 38.6 Å². The number of carbonyl (C=O) groups excluding carboxylic acids is 2. The van der Waals surface area contributed by atoms with Gasteiger partial charge in [0.05, 0.1) is 16.3 Å². The zero-order valence-corrected chi connectivity index (χ0v) is 13.1. The van der Waals surface area contributed by atoms with E-state index in [4.69, 9.17) is 16.3 Å². The van der Waals surface area contributed by atoms with E-state index in [1.807, 2.05) is 0 Å². The van der Waals surface area contributed by atoms with Crippen LogP contribution in [0.25, 0.3) is 5.69 Å². The summed E-state index contributed by atoms with van der Waals surface area (Å²) < 4.78 is 6.49. The molecule has 120 valence electrons. The van der Waals surface area contributed by atoms with Crippen molar-refractivity contribution in [1.29, 1.82) is 0 Å². The molecular formula is C16H11ClN4O3. The molecule has 3 rings (SSSR count). The number of carbonyl (C=O) groups is 2. The molecule has 2 aromatic carbocycles. The Hall–Kier alpha value is -3.06. The summed E-state index contributed by atoms with van der Waals surface area (Å²) >= 11 is 5.94. The highest BCUT2D eigenvalue weighted by molar-refractivity contribution is 6.34. The zero-order valence-electron chi connectivity index (χ0n) is 12.3. The summed E-state index contributed by atoms with van der Waals surface area (Å²) in [6.45, 7) is -0.378. The fourth-order valence-electron chi connectivity index (χ4n) is 2.01. The Kier molecular flexibility index (Phi) is 4.62. The zero-order chi connectivity index (χ0) is 16.9. The number of Topliss-reactive ketones (excluding diaryl/α,β-unsaturated/α-hetero) is 1. The summed E-state index contributed by atoms with van der Waals surface area (Å²) in [5.41, 5.74) is 1.34. The number of ether oxygens (including phenoxy) is 1. The second-order valence-corrected chi connectivity index (χ2v) is 5.19. The summed E-state index contributed by atoms with van der Waals surface area (Å²) in [5.74, 6) is -0.960. The van der Waals surface area contributed by atoms with Crippen molar-refractivity contribution < 1.29 is 14.3 Å². The van der Waals surface area contributed by atoms with Gasteiger partial charge in [0, 0.05) is 5.56 Å². The Morgan fingerprint density at radius 3 is 2.50 bits per heavy atom. The van der Waals surface area contributed by atoms with E-state index in [-0.39, 0.29) is 12.4 Å². The molecule has 3 aromatic rings. The van der Waals surface area contributed by atoms with Crippen LogP contribution in [0.2, 0.25) is 5.02 Å². The highest BCUT2D eigenvalue weighted by Crippen LogP contribution is 2.16. The molecule has 0 spiro atoms. The van der Waals surface area contributed by atoms with Gasteiger partial charge in [-0.2, -0.15) is 0 Å². The van der Waals surface area contributed by atoms with Gasteiger partial charge < -0.3 is 4.74 Å². The van der Waals surface area contributed by atoms with Crippen LogP contribution in [0.3, 0.4) is 0 Å². The molecule has 0 atom stereocenters. The van der Waals surface area contributed by atoms with Crippen molar-refractivity contribution in [3.8, 4) is 5.69 Å². The quantitative estimate of drug-likeness (QED) is 0.522. The van der Waals surface area contributed by atoms with Crippen LogP contribution in [-0.2, 0) is 4.74 Å². The third-order valence-electron chi connectivity index (χ3n) is 3.23. The first-order valence-electron chi connectivity index (χ1n) is 6.93. The highest BCUT2D eigenvalue weighted by Gasteiger charge is 2.14. The molecule has 0 fully saturated rings. The molecule has 24 heavy (non-hydrogen) atoms. The number of halogens is 1. The van der Waals surface area contributed by atoms with E-state index in [1.165, 1.54) is 11.0 Å². The normalized spacial score (nSPS) is 10.4. The van der Waals surface area contributed by atoms with E-state index >= 15 is 0 Å². The van der Waals surface area contributed by atoms with Crippen LogP contribution in [0.1, 0.15) is 20.7 Å². The molecule has 0 aliphatic carbocycles. The van der Waals surface area contributed by atoms with Gasteiger partial charge >= 0.3 is 5.97 Å². The van der Waals surface area contributed by atoms with Crippen molar-refractivity contribution in [3.63, 3.8) is 0 Å². The topological polar surface area (TPSA) is 87.0 Å². The van der Waals surface area contributed by atoms with Crippen LogP contribution in [0.4, 0.5) is 0 Å². The van der Waals surface area contributed by atoms with Crippen molar-refractivity contribution in [2.45, 2.75) is 0 Å². The van der Waals surface area contributed by atoms with Gasteiger partial charge in [0.15, 0.2) is 6.61 Å². The molecule has 0 saturated heterocycles. The molecule has 0 aliphatic heterocycles. The Morgan fingerprint density at radius 2 is 1.83 bits per heavy atom. The second kappa shape index (κ2) is 7.01. The van der Waals surface area contributed by atoms with Crippen molar-refractivity contribution in [2.75, 3.05) is 6.61 Å². The van der Waals surface area contributed by atoms with Gasteiger partial charge in [0.2, 0.25) is 5.78 Å². The standard InChI is InChI=1S/C16H11ClN4O3/c17-14-4-2-1-3-13(14)15(22)9-24-16(23)11-5-7-12(8-6-11)21-10-18-19-20-21/h1-8,10H,9H2. The second-order valence-electron chi connectivity index (χ2n) is 4.78. The first kappa shape index (κ1) is 15.8. The van der Waals surface area contributed by atoms with Crippen molar-refractivity contribution in [3.05, 3.63) is 71.0 Å². The summed E-state index contributed by atoms with van der Waals surface area (Å²) in [5, 5.41) is 11.1. The van der Waals surface area contributed by atoms with Gasteiger partial charge in [-0.1, -0.05) is 23.7 Å². The average Bonchev–Trinajstić information content (AvgIpc) is 3.14. The number of hydrogen-bond acceptors (Lipinski definition) is 6. The van der Waals surface area contributed by atoms with Gasteiger partial charge in [0.25, 0.3) is 0 Å². The third kappa shape index (κ3) is 3.47. The summed E-state index contributed by atoms with van der Waals surface area (Å²) in [7, 11) is 0. The lowest BCUT2D eigenvalue weighted by Gasteiger charge is -2.06. The molecule has 1 aromatic heterocycles. The molecule has 0 radical (unpaired) electrons. The summed E-state index contributed by atoms with van der Waals surface area (Å²) in [4.78, 5) is 24.0. The molecular weight excluding hydrogens is 332 g/mol. The van der Waals surface area contributed by atoms with Gasteiger partial charge in [0.1, 0.15) is 6.33 Å². The minimum Gasteiger partial charge on any atom is -0.454 e. The van der Waals surface area contributed by atoms with Crippen molar-refractivity contribution >= 4 is 23.4 Å². The number of ketones is 1. The molecule has 8 heteroatoms. The van der Waals surface area contributed by atoms with E-state index < -0.39 is 5.97 Å². The molecule has 0 aliphatic rings. The molecule has 0 saturated carbocycles. The fraction of sp³-hybridized carbons (Fsp3) is 0.0625. The lowest BCUT2D eigenvalue weighted by atomic mass is 10.1.